The Morgan fingerprint density at radius 3 is 2.53 bits per heavy atom. The van der Waals surface area contributed by atoms with Crippen molar-refractivity contribution < 1.29 is 13.2 Å². The first-order valence-corrected chi connectivity index (χ1v) is 13.0. The van der Waals surface area contributed by atoms with Crippen molar-refractivity contribution in [3.63, 3.8) is 0 Å². The fraction of sp³-hybridized carbons (Fsp3) is 0.348. The lowest BCUT2D eigenvalue weighted by Crippen LogP contribution is -2.30. The number of anilines is 1. The van der Waals surface area contributed by atoms with E-state index in [0.29, 0.717) is 23.7 Å². The van der Waals surface area contributed by atoms with E-state index >= 15 is 0 Å². The van der Waals surface area contributed by atoms with Crippen molar-refractivity contribution in [2.45, 2.75) is 50.5 Å². The molecule has 1 N–H and O–H groups in total. The Balaban J connectivity index is 1.51. The predicted molar refractivity (Wildman–Crippen MR) is 125 cm³/mol. The Kier molecular flexibility index (Phi) is 6.68. The molecule has 2 aromatic carbocycles. The number of amides is 1. The minimum absolute atomic E-state index is 0.216. The third-order valence-electron chi connectivity index (χ3n) is 5.50. The van der Waals surface area contributed by atoms with Gasteiger partial charge in [-0.3, -0.25) is 4.79 Å². The van der Waals surface area contributed by atoms with Gasteiger partial charge in [-0.1, -0.05) is 54.5 Å². The molecule has 1 aromatic heterocycles. The van der Waals surface area contributed by atoms with Gasteiger partial charge in [-0.15, -0.1) is 10.2 Å². The van der Waals surface area contributed by atoms with E-state index in [1.165, 1.54) is 4.31 Å². The van der Waals surface area contributed by atoms with E-state index < -0.39 is 16.1 Å². The van der Waals surface area contributed by atoms with Crippen LogP contribution >= 0.6 is 11.3 Å². The second kappa shape index (κ2) is 9.48. The minimum atomic E-state index is -3.66. The maximum atomic E-state index is 13.3. The highest BCUT2D eigenvalue weighted by molar-refractivity contribution is 7.89. The average molecular weight is 471 g/mol. The number of aryl methyl sites for hydroxylation is 2. The van der Waals surface area contributed by atoms with E-state index in [4.69, 9.17) is 0 Å². The number of hydrogen-bond donors (Lipinski definition) is 1. The van der Waals surface area contributed by atoms with Gasteiger partial charge < -0.3 is 5.32 Å². The summed E-state index contributed by atoms with van der Waals surface area (Å²) in [6.45, 7) is 4.49. The standard InChI is InChI=1S/C23H26N4O3S2/c1-3-5-17-9-13-19(14-10-17)32(29,30)27-15-4-6-20(27)22-25-26-23(31-22)21(28)24-18-11-7-16(2)8-12-18/h7-14,20H,3-6,15H2,1-2H3,(H,24,28)/t20-/m1/s1. The van der Waals surface area contributed by atoms with Gasteiger partial charge in [0.1, 0.15) is 5.01 Å². The Morgan fingerprint density at radius 1 is 1.12 bits per heavy atom. The molecule has 0 bridgehead atoms. The largest absolute Gasteiger partial charge is 0.320 e. The zero-order valence-electron chi connectivity index (χ0n) is 18.1. The quantitative estimate of drug-likeness (QED) is 0.546. The van der Waals surface area contributed by atoms with Crippen LogP contribution in [-0.2, 0) is 16.4 Å². The summed E-state index contributed by atoms with van der Waals surface area (Å²) in [5.74, 6) is -0.350. The van der Waals surface area contributed by atoms with E-state index in [2.05, 4.69) is 22.4 Å². The summed E-state index contributed by atoms with van der Waals surface area (Å²) in [6.07, 6.45) is 3.33. The second-order valence-corrected chi connectivity index (χ2v) is 10.8. The van der Waals surface area contributed by atoms with E-state index in [0.717, 1.165) is 41.7 Å². The van der Waals surface area contributed by atoms with Gasteiger partial charge in [0.05, 0.1) is 10.9 Å². The average Bonchev–Trinajstić information content (AvgIpc) is 3.46. The fourth-order valence-corrected chi connectivity index (χ4v) is 6.42. The minimum Gasteiger partial charge on any atom is -0.320 e. The molecule has 0 saturated carbocycles. The number of aromatic nitrogens is 2. The van der Waals surface area contributed by atoms with Gasteiger partial charge in [0.25, 0.3) is 5.91 Å². The molecule has 1 aliphatic rings. The molecule has 0 radical (unpaired) electrons. The monoisotopic (exact) mass is 470 g/mol. The predicted octanol–water partition coefficient (Wildman–Crippen LogP) is 4.58. The highest BCUT2D eigenvalue weighted by Crippen LogP contribution is 2.37. The second-order valence-electron chi connectivity index (χ2n) is 7.93. The number of carbonyl (C=O) groups excluding carboxylic acids is 1. The van der Waals surface area contributed by atoms with Crippen LogP contribution in [0.1, 0.15) is 58.2 Å². The molecule has 1 fully saturated rings. The molecule has 2 heterocycles. The highest BCUT2D eigenvalue weighted by Gasteiger charge is 2.38. The summed E-state index contributed by atoms with van der Waals surface area (Å²) in [4.78, 5) is 12.9. The molecule has 0 spiro atoms. The van der Waals surface area contributed by atoms with Crippen molar-refractivity contribution in [1.82, 2.24) is 14.5 Å². The first-order valence-electron chi connectivity index (χ1n) is 10.7. The van der Waals surface area contributed by atoms with E-state index in [-0.39, 0.29) is 15.8 Å². The van der Waals surface area contributed by atoms with Crippen LogP contribution in [0.25, 0.3) is 0 Å². The summed E-state index contributed by atoms with van der Waals surface area (Å²) < 4.78 is 28.1. The van der Waals surface area contributed by atoms with Crippen LogP contribution in [0.5, 0.6) is 0 Å². The van der Waals surface area contributed by atoms with Crippen LogP contribution in [-0.4, -0.2) is 35.4 Å². The Bertz CT molecular complexity index is 1190. The number of carbonyl (C=O) groups is 1. The van der Waals surface area contributed by atoms with Crippen molar-refractivity contribution in [2.75, 3.05) is 11.9 Å². The van der Waals surface area contributed by atoms with Crippen LogP contribution in [0.3, 0.4) is 0 Å². The maximum Gasteiger partial charge on any atom is 0.286 e. The maximum absolute atomic E-state index is 13.3. The van der Waals surface area contributed by atoms with Gasteiger partial charge in [0.2, 0.25) is 15.0 Å². The molecule has 9 heteroatoms. The molecule has 1 amide bonds. The summed E-state index contributed by atoms with van der Waals surface area (Å²) >= 11 is 1.14. The first kappa shape index (κ1) is 22.6. The van der Waals surface area contributed by atoms with Crippen LogP contribution in [0.15, 0.2) is 53.4 Å². The van der Waals surface area contributed by atoms with Crippen LogP contribution in [0.2, 0.25) is 0 Å². The zero-order valence-corrected chi connectivity index (χ0v) is 19.7. The number of benzene rings is 2. The Labute approximate surface area is 192 Å². The number of sulfonamides is 1. The molecule has 1 aliphatic heterocycles. The molecule has 0 aliphatic carbocycles. The van der Waals surface area contributed by atoms with Crippen LogP contribution in [0, 0.1) is 6.92 Å². The van der Waals surface area contributed by atoms with Crippen molar-refractivity contribution in [3.8, 4) is 0 Å². The van der Waals surface area contributed by atoms with Crippen LogP contribution in [0.4, 0.5) is 5.69 Å². The summed E-state index contributed by atoms with van der Waals surface area (Å²) in [6, 6.07) is 14.2. The van der Waals surface area contributed by atoms with E-state index in [9.17, 15) is 13.2 Å². The van der Waals surface area contributed by atoms with Crippen LogP contribution < -0.4 is 5.32 Å². The molecule has 4 rings (SSSR count). The summed E-state index contributed by atoms with van der Waals surface area (Å²) in [7, 11) is -3.66. The summed E-state index contributed by atoms with van der Waals surface area (Å²) in [5, 5.41) is 11.8. The lowest BCUT2D eigenvalue weighted by molar-refractivity contribution is 0.102. The molecule has 32 heavy (non-hydrogen) atoms. The van der Waals surface area contributed by atoms with Gasteiger partial charge in [-0.05, 0) is 56.0 Å². The van der Waals surface area contributed by atoms with Gasteiger partial charge in [0.15, 0.2) is 0 Å². The highest BCUT2D eigenvalue weighted by atomic mass is 32.2. The van der Waals surface area contributed by atoms with Gasteiger partial charge >= 0.3 is 0 Å². The lowest BCUT2D eigenvalue weighted by Gasteiger charge is -2.22. The zero-order chi connectivity index (χ0) is 22.7. The van der Waals surface area contributed by atoms with E-state index in [1.807, 2.05) is 43.3 Å². The lowest BCUT2D eigenvalue weighted by atomic mass is 10.1. The number of rotatable bonds is 7. The number of hydrogen-bond acceptors (Lipinski definition) is 6. The Hall–Kier alpha value is -2.62. The van der Waals surface area contributed by atoms with Crippen molar-refractivity contribution in [3.05, 3.63) is 69.7 Å². The van der Waals surface area contributed by atoms with Gasteiger partial charge in [-0.25, -0.2) is 8.42 Å². The number of nitrogens with zero attached hydrogens (tertiary/aromatic N) is 3. The van der Waals surface area contributed by atoms with Crippen molar-refractivity contribution in [2.24, 2.45) is 0 Å². The molecule has 7 nitrogen and oxygen atoms in total. The third kappa shape index (κ3) is 4.74. The molecular formula is C23H26N4O3S2. The molecule has 3 aromatic rings. The van der Waals surface area contributed by atoms with E-state index in [1.54, 1.807) is 12.1 Å². The normalized spacial score (nSPS) is 16.9. The molecule has 0 unspecified atom stereocenters. The topological polar surface area (TPSA) is 92.3 Å². The number of nitrogens with one attached hydrogen (secondary N) is 1. The third-order valence-corrected chi connectivity index (χ3v) is 8.45. The first-order chi connectivity index (χ1) is 15.4. The molecule has 168 valence electrons. The Morgan fingerprint density at radius 2 is 1.84 bits per heavy atom. The fourth-order valence-electron chi connectivity index (χ4n) is 3.81. The smallest absolute Gasteiger partial charge is 0.286 e. The molecule has 1 saturated heterocycles. The molecule has 1 atom stereocenters. The molecular weight excluding hydrogens is 444 g/mol. The summed E-state index contributed by atoms with van der Waals surface area (Å²) in [5.41, 5.74) is 2.90. The van der Waals surface area contributed by atoms with Crippen molar-refractivity contribution in [1.29, 1.82) is 0 Å². The van der Waals surface area contributed by atoms with Crippen molar-refractivity contribution >= 4 is 33.0 Å². The van der Waals surface area contributed by atoms with Gasteiger partial charge in [0, 0.05) is 12.2 Å². The van der Waals surface area contributed by atoms with Gasteiger partial charge in [-0.2, -0.15) is 4.31 Å². The SMILES string of the molecule is CCCc1ccc(S(=O)(=O)N2CCC[C@@H]2c2nnc(C(=O)Nc3ccc(C)cc3)s2)cc1.